The Hall–Kier alpha value is -1.49. The molecule has 1 amide bonds. The van der Waals surface area contributed by atoms with E-state index in [-0.39, 0.29) is 17.2 Å². The Balaban J connectivity index is 1.61. The van der Waals surface area contributed by atoms with Crippen LogP contribution in [-0.4, -0.2) is 22.2 Å². The van der Waals surface area contributed by atoms with Gasteiger partial charge >= 0.3 is 0 Å². The van der Waals surface area contributed by atoms with E-state index in [1.807, 2.05) is 31.2 Å². The maximum absolute atomic E-state index is 12.5. The summed E-state index contributed by atoms with van der Waals surface area (Å²) in [6.45, 7) is 6.43. The molecule has 1 fully saturated rings. The number of carbonyl (C=O) groups excluding carboxylic acids is 1. The summed E-state index contributed by atoms with van der Waals surface area (Å²) < 4.78 is 5.69. The van der Waals surface area contributed by atoms with Crippen LogP contribution in [0, 0.1) is 11.8 Å². The fourth-order valence-corrected chi connectivity index (χ4v) is 3.96. The monoisotopic (exact) mass is 332 g/mol. The van der Waals surface area contributed by atoms with Crippen molar-refractivity contribution in [3.05, 3.63) is 24.3 Å². The van der Waals surface area contributed by atoms with Crippen LogP contribution in [0.1, 0.15) is 40.0 Å². The molecular weight excluding hydrogens is 308 g/mol. The molecular formula is C18H24N2O2S. The minimum atomic E-state index is -0.215. The summed E-state index contributed by atoms with van der Waals surface area (Å²) in [7, 11) is 0. The lowest BCUT2D eigenvalue weighted by atomic mass is 9.78. The Morgan fingerprint density at radius 1 is 1.35 bits per heavy atom. The number of aromatic nitrogens is 1. The maximum Gasteiger partial charge on any atom is 0.257 e. The quantitative estimate of drug-likeness (QED) is 0.851. The zero-order chi connectivity index (χ0) is 16.4. The van der Waals surface area contributed by atoms with Gasteiger partial charge in [-0.2, -0.15) is 0 Å². The van der Waals surface area contributed by atoms with Crippen LogP contribution >= 0.6 is 11.8 Å². The van der Waals surface area contributed by atoms with Crippen molar-refractivity contribution in [3.8, 4) is 0 Å². The second kappa shape index (κ2) is 6.95. The highest BCUT2D eigenvalue weighted by Gasteiger charge is 2.29. The predicted molar refractivity (Wildman–Crippen MR) is 93.4 cm³/mol. The second-order valence-corrected chi connectivity index (χ2v) is 7.88. The predicted octanol–water partition coefficient (Wildman–Crippen LogP) is 4.25. The number of hydrogen-bond acceptors (Lipinski definition) is 4. The SMILES string of the molecule is C[C@@H]1[C@H](C)CCC[C@H]1NC(=O)[C@@H](C)Sc1nc2ccccc2o1. The normalized spacial score (nSPS) is 26.1. The summed E-state index contributed by atoms with van der Waals surface area (Å²) in [5.74, 6) is 1.28. The lowest BCUT2D eigenvalue weighted by Gasteiger charge is -2.35. The first-order valence-corrected chi connectivity index (χ1v) is 9.25. The highest BCUT2D eigenvalue weighted by molar-refractivity contribution is 8.00. The number of hydrogen-bond donors (Lipinski definition) is 1. The number of thioether (sulfide) groups is 1. The highest BCUT2D eigenvalue weighted by Crippen LogP contribution is 2.31. The number of nitrogens with one attached hydrogen (secondary N) is 1. The van der Waals surface area contributed by atoms with Crippen molar-refractivity contribution in [1.82, 2.24) is 10.3 Å². The third kappa shape index (κ3) is 3.71. The first-order valence-electron chi connectivity index (χ1n) is 8.37. The van der Waals surface area contributed by atoms with Crippen LogP contribution in [0.4, 0.5) is 0 Å². The minimum Gasteiger partial charge on any atom is -0.431 e. The number of para-hydroxylation sites is 2. The Morgan fingerprint density at radius 3 is 2.91 bits per heavy atom. The van der Waals surface area contributed by atoms with Gasteiger partial charge in [0.2, 0.25) is 5.91 Å². The molecule has 1 N–H and O–H groups in total. The largest absolute Gasteiger partial charge is 0.431 e. The summed E-state index contributed by atoms with van der Waals surface area (Å²) >= 11 is 1.38. The number of fused-ring (bicyclic) bond motifs is 1. The molecule has 1 aromatic heterocycles. The number of benzene rings is 1. The minimum absolute atomic E-state index is 0.0724. The van der Waals surface area contributed by atoms with E-state index in [1.165, 1.54) is 24.6 Å². The van der Waals surface area contributed by atoms with E-state index in [2.05, 4.69) is 24.1 Å². The molecule has 0 unspecified atom stereocenters. The molecule has 0 aliphatic heterocycles. The maximum atomic E-state index is 12.5. The lowest BCUT2D eigenvalue weighted by molar-refractivity contribution is -0.121. The van der Waals surface area contributed by atoms with Gasteiger partial charge in [-0.25, -0.2) is 4.98 Å². The first-order chi connectivity index (χ1) is 11.0. The van der Waals surface area contributed by atoms with Crippen molar-refractivity contribution in [2.45, 2.75) is 56.5 Å². The van der Waals surface area contributed by atoms with Crippen LogP contribution < -0.4 is 5.32 Å². The molecule has 4 atom stereocenters. The molecule has 0 radical (unpaired) electrons. The van der Waals surface area contributed by atoms with Crippen LogP contribution in [-0.2, 0) is 4.79 Å². The van der Waals surface area contributed by atoms with Gasteiger partial charge in [0, 0.05) is 6.04 Å². The van der Waals surface area contributed by atoms with Crippen molar-refractivity contribution in [2.75, 3.05) is 0 Å². The number of carbonyl (C=O) groups is 1. The molecule has 1 aliphatic rings. The van der Waals surface area contributed by atoms with E-state index in [9.17, 15) is 4.79 Å². The zero-order valence-electron chi connectivity index (χ0n) is 13.9. The summed E-state index contributed by atoms with van der Waals surface area (Å²) in [6, 6.07) is 7.95. The molecule has 1 aromatic carbocycles. The van der Waals surface area contributed by atoms with Crippen molar-refractivity contribution in [2.24, 2.45) is 11.8 Å². The van der Waals surface area contributed by atoms with E-state index in [0.29, 0.717) is 17.1 Å². The van der Waals surface area contributed by atoms with Gasteiger partial charge < -0.3 is 9.73 Å². The third-order valence-electron chi connectivity index (χ3n) is 4.96. The molecule has 23 heavy (non-hydrogen) atoms. The van der Waals surface area contributed by atoms with Crippen LogP contribution in [0.15, 0.2) is 33.9 Å². The van der Waals surface area contributed by atoms with Crippen LogP contribution in [0.5, 0.6) is 0 Å². The summed E-state index contributed by atoms with van der Waals surface area (Å²) in [6.07, 6.45) is 3.54. The molecule has 1 aliphatic carbocycles. The molecule has 0 spiro atoms. The number of nitrogens with zero attached hydrogens (tertiary/aromatic N) is 1. The molecule has 5 heteroatoms. The summed E-state index contributed by atoms with van der Waals surface area (Å²) in [4.78, 5) is 16.9. The Bertz CT molecular complexity index is 651. The van der Waals surface area contributed by atoms with Gasteiger partial charge in [-0.1, -0.05) is 50.6 Å². The van der Waals surface area contributed by atoms with Crippen molar-refractivity contribution < 1.29 is 9.21 Å². The van der Waals surface area contributed by atoms with Gasteiger partial charge in [-0.05, 0) is 37.3 Å². The van der Waals surface area contributed by atoms with E-state index in [1.54, 1.807) is 0 Å². The van der Waals surface area contributed by atoms with Gasteiger partial charge in [-0.3, -0.25) is 4.79 Å². The Kier molecular flexibility index (Phi) is 4.95. The van der Waals surface area contributed by atoms with Gasteiger partial charge in [-0.15, -0.1) is 0 Å². The fraction of sp³-hybridized carbons (Fsp3) is 0.556. The van der Waals surface area contributed by atoms with Crippen LogP contribution in [0.3, 0.4) is 0 Å². The van der Waals surface area contributed by atoms with E-state index in [0.717, 1.165) is 17.5 Å². The number of amides is 1. The van der Waals surface area contributed by atoms with Crippen molar-refractivity contribution in [1.29, 1.82) is 0 Å². The smallest absolute Gasteiger partial charge is 0.257 e. The Labute approximate surface area is 141 Å². The average molecular weight is 332 g/mol. The zero-order valence-corrected chi connectivity index (χ0v) is 14.7. The molecule has 2 aromatic rings. The molecule has 4 nitrogen and oxygen atoms in total. The first kappa shape index (κ1) is 16.4. The van der Waals surface area contributed by atoms with E-state index in [4.69, 9.17) is 4.42 Å². The topological polar surface area (TPSA) is 55.1 Å². The second-order valence-electron chi connectivity index (χ2n) is 6.59. The number of rotatable bonds is 4. The molecule has 0 saturated heterocycles. The van der Waals surface area contributed by atoms with Gasteiger partial charge in [0.25, 0.3) is 5.22 Å². The van der Waals surface area contributed by atoms with E-state index < -0.39 is 0 Å². The molecule has 0 bridgehead atoms. The summed E-state index contributed by atoms with van der Waals surface area (Å²) in [5.41, 5.74) is 1.59. The lowest BCUT2D eigenvalue weighted by Crippen LogP contribution is -2.46. The Morgan fingerprint density at radius 2 is 2.13 bits per heavy atom. The van der Waals surface area contributed by atoms with Gasteiger partial charge in [0.1, 0.15) is 5.52 Å². The van der Waals surface area contributed by atoms with Gasteiger partial charge in [0.05, 0.1) is 5.25 Å². The van der Waals surface area contributed by atoms with Crippen molar-refractivity contribution >= 4 is 28.8 Å². The fourth-order valence-electron chi connectivity index (χ4n) is 3.19. The molecule has 1 saturated carbocycles. The molecule has 3 rings (SSSR count). The molecule has 1 heterocycles. The van der Waals surface area contributed by atoms with Crippen LogP contribution in [0.2, 0.25) is 0 Å². The van der Waals surface area contributed by atoms with Gasteiger partial charge in [0.15, 0.2) is 5.58 Å². The number of oxazole rings is 1. The molecule has 124 valence electrons. The standard InChI is InChI=1S/C18H24N2O2S/c1-11-7-6-9-14(12(11)2)19-17(21)13(3)23-18-20-15-8-4-5-10-16(15)22-18/h4-5,8,10-14H,6-7,9H2,1-3H3,(H,19,21)/t11-,12-,13-,14-/m1/s1. The van der Waals surface area contributed by atoms with Crippen molar-refractivity contribution in [3.63, 3.8) is 0 Å². The highest BCUT2D eigenvalue weighted by atomic mass is 32.2. The van der Waals surface area contributed by atoms with E-state index >= 15 is 0 Å². The average Bonchev–Trinajstić information content (AvgIpc) is 2.93. The third-order valence-corrected chi connectivity index (χ3v) is 5.90. The summed E-state index contributed by atoms with van der Waals surface area (Å²) in [5, 5.41) is 3.56. The van der Waals surface area contributed by atoms with Crippen LogP contribution in [0.25, 0.3) is 11.1 Å².